The van der Waals surface area contributed by atoms with E-state index in [9.17, 15) is 45.3 Å². The molecule has 15 heteroatoms. The van der Waals surface area contributed by atoms with Crippen LogP contribution in [0.5, 0.6) is 0 Å². The van der Waals surface area contributed by atoms with Gasteiger partial charge in [-0.05, 0) is 64.2 Å². The molecule has 2 aliphatic rings. The molecular weight excluding hydrogens is 829 g/mol. The fourth-order valence-corrected chi connectivity index (χ4v) is 7.49. The van der Waals surface area contributed by atoms with Crippen molar-refractivity contribution < 1.29 is 73.8 Å². The van der Waals surface area contributed by atoms with Gasteiger partial charge in [0.05, 0.1) is 19.8 Å². The summed E-state index contributed by atoms with van der Waals surface area (Å²) in [5.74, 6) is -0.954. The molecular formula is C49H86O15. The summed E-state index contributed by atoms with van der Waals surface area (Å²) in [6, 6.07) is 0. The third kappa shape index (κ3) is 25.0. The third-order valence-corrected chi connectivity index (χ3v) is 11.6. The minimum atomic E-state index is -1.77. The molecule has 4 unspecified atom stereocenters. The van der Waals surface area contributed by atoms with Crippen molar-refractivity contribution in [2.24, 2.45) is 0 Å². The number of esters is 2. The first kappa shape index (κ1) is 57.8. The Morgan fingerprint density at radius 3 is 1.47 bits per heavy atom. The van der Waals surface area contributed by atoms with Crippen LogP contribution in [0, 0.1) is 0 Å². The van der Waals surface area contributed by atoms with Crippen molar-refractivity contribution in [1.29, 1.82) is 0 Å². The maximum absolute atomic E-state index is 13.0. The standard InChI is InChI=1S/C49H86O15/c1-3-5-7-9-11-13-15-17-18-20-22-24-26-28-30-32-41(52)62-37(34-59-40(51)31-29-27-25-23-21-19-16-14-12-10-8-6-4-2)35-60-48-47(58)45(56)43(54)39(64-48)36-61-49-46(57)44(55)42(53)38(33-50)63-49/h13-18,37-39,42-50,53-58H,3-12,19-36H2,1-2H3/b15-13+,16-14+,18-17+/t37-,38-,39-,42+,43+,44?,45?,46?,47?,48-,49-/m1/s1. The summed E-state index contributed by atoms with van der Waals surface area (Å²) >= 11 is 0. The molecule has 0 aromatic carbocycles. The molecule has 2 saturated heterocycles. The average molecular weight is 915 g/mol. The summed E-state index contributed by atoms with van der Waals surface area (Å²) in [6.45, 7) is 2.51. The highest BCUT2D eigenvalue weighted by Crippen LogP contribution is 2.26. The first-order valence-electron chi connectivity index (χ1n) is 24.6. The minimum Gasteiger partial charge on any atom is -0.462 e. The van der Waals surface area contributed by atoms with Crippen LogP contribution in [0.3, 0.4) is 0 Å². The number of ether oxygens (including phenoxy) is 6. The Morgan fingerprint density at radius 2 is 0.938 bits per heavy atom. The predicted octanol–water partition coefficient (Wildman–Crippen LogP) is 6.15. The van der Waals surface area contributed by atoms with Crippen molar-refractivity contribution in [3.63, 3.8) is 0 Å². The molecule has 0 saturated carbocycles. The lowest BCUT2D eigenvalue weighted by Gasteiger charge is -2.42. The molecule has 2 aliphatic heterocycles. The number of hydrogen-bond donors (Lipinski definition) is 7. The number of unbranched alkanes of at least 4 members (excludes halogenated alkanes) is 18. The number of allylic oxidation sites excluding steroid dienone is 6. The quantitative estimate of drug-likeness (QED) is 0.0160. The largest absolute Gasteiger partial charge is 0.462 e. The van der Waals surface area contributed by atoms with Crippen molar-refractivity contribution in [1.82, 2.24) is 0 Å². The molecule has 0 aromatic heterocycles. The van der Waals surface area contributed by atoms with Gasteiger partial charge in [0, 0.05) is 12.8 Å². The van der Waals surface area contributed by atoms with Gasteiger partial charge in [-0.1, -0.05) is 127 Å². The molecule has 0 aliphatic carbocycles. The third-order valence-electron chi connectivity index (χ3n) is 11.6. The van der Waals surface area contributed by atoms with Crippen LogP contribution in [0.25, 0.3) is 0 Å². The van der Waals surface area contributed by atoms with Gasteiger partial charge in [0.2, 0.25) is 0 Å². The Balaban J connectivity index is 1.85. The summed E-state index contributed by atoms with van der Waals surface area (Å²) in [6.07, 6.45) is 20.3. The fraction of sp³-hybridized carbons (Fsp3) is 0.837. The van der Waals surface area contributed by atoms with E-state index >= 15 is 0 Å². The van der Waals surface area contributed by atoms with E-state index in [1.807, 2.05) is 0 Å². The van der Waals surface area contributed by atoms with E-state index in [-0.39, 0.29) is 19.4 Å². The van der Waals surface area contributed by atoms with Gasteiger partial charge < -0.3 is 64.2 Å². The van der Waals surface area contributed by atoms with Gasteiger partial charge in [-0.2, -0.15) is 0 Å². The van der Waals surface area contributed by atoms with Crippen LogP contribution in [-0.2, 0) is 38.0 Å². The number of carbonyl (C=O) groups excluding carboxylic acids is 2. The summed E-state index contributed by atoms with van der Waals surface area (Å²) in [5.41, 5.74) is 0. The Morgan fingerprint density at radius 1 is 0.500 bits per heavy atom. The molecule has 11 atom stereocenters. The highest BCUT2D eigenvalue weighted by Gasteiger charge is 2.47. The number of aliphatic hydroxyl groups is 7. The Bertz CT molecular complexity index is 1260. The van der Waals surface area contributed by atoms with Crippen molar-refractivity contribution in [2.45, 2.75) is 235 Å². The van der Waals surface area contributed by atoms with Crippen LogP contribution >= 0.6 is 0 Å². The number of rotatable bonds is 37. The zero-order valence-electron chi connectivity index (χ0n) is 39.0. The Labute approximate surface area is 383 Å². The van der Waals surface area contributed by atoms with E-state index in [1.165, 1.54) is 51.4 Å². The van der Waals surface area contributed by atoms with Crippen LogP contribution in [0.15, 0.2) is 36.5 Å². The van der Waals surface area contributed by atoms with Gasteiger partial charge in [-0.15, -0.1) is 0 Å². The fourth-order valence-electron chi connectivity index (χ4n) is 7.49. The highest BCUT2D eigenvalue weighted by molar-refractivity contribution is 5.70. The smallest absolute Gasteiger partial charge is 0.306 e. The maximum atomic E-state index is 13.0. The molecule has 15 nitrogen and oxygen atoms in total. The van der Waals surface area contributed by atoms with Crippen LogP contribution in [0.4, 0.5) is 0 Å². The van der Waals surface area contributed by atoms with E-state index in [1.54, 1.807) is 0 Å². The van der Waals surface area contributed by atoms with Crippen LogP contribution in [0.1, 0.15) is 168 Å². The van der Waals surface area contributed by atoms with Crippen molar-refractivity contribution >= 4 is 11.9 Å². The lowest BCUT2D eigenvalue weighted by molar-refractivity contribution is -0.332. The minimum absolute atomic E-state index is 0.146. The molecule has 0 aromatic rings. The number of carbonyl (C=O) groups is 2. The van der Waals surface area contributed by atoms with Gasteiger partial charge in [0.1, 0.15) is 55.4 Å². The van der Waals surface area contributed by atoms with Crippen LogP contribution in [-0.4, -0.2) is 142 Å². The molecule has 64 heavy (non-hydrogen) atoms. The molecule has 2 fully saturated rings. The van der Waals surface area contributed by atoms with E-state index in [0.717, 1.165) is 77.0 Å². The van der Waals surface area contributed by atoms with E-state index in [2.05, 4.69) is 50.3 Å². The zero-order valence-corrected chi connectivity index (χ0v) is 39.0. The molecule has 2 rings (SSSR count). The lowest BCUT2D eigenvalue weighted by Crippen LogP contribution is -2.61. The average Bonchev–Trinajstić information content (AvgIpc) is 3.29. The molecule has 0 amide bonds. The summed E-state index contributed by atoms with van der Waals surface area (Å²) in [5, 5.41) is 72.0. The first-order valence-corrected chi connectivity index (χ1v) is 24.6. The van der Waals surface area contributed by atoms with Crippen molar-refractivity contribution in [2.75, 3.05) is 26.4 Å². The normalized spacial score (nSPS) is 26.9. The lowest BCUT2D eigenvalue weighted by atomic mass is 9.98. The van der Waals surface area contributed by atoms with Gasteiger partial charge in [0.25, 0.3) is 0 Å². The Kier molecular flexibility index (Phi) is 33.3. The first-order chi connectivity index (χ1) is 31.0. The Hall–Kier alpha value is -2.28. The number of hydrogen-bond acceptors (Lipinski definition) is 15. The van der Waals surface area contributed by atoms with Crippen LogP contribution < -0.4 is 0 Å². The molecule has 0 radical (unpaired) electrons. The molecule has 372 valence electrons. The van der Waals surface area contributed by atoms with E-state index in [4.69, 9.17) is 28.4 Å². The van der Waals surface area contributed by atoms with E-state index in [0.29, 0.717) is 12.8 Å². The highest BCUT2D eigenvalue weighted by atomic mass is 16.7. The van der Waals surface area contributed by atoms with Gasteiger partial charge in [0.15, 0.2) is 18.7 Å². The second-order valence-electron chi connectivity index (χ2n) is 17.3. The molecule has 7 N–H and O–H groups in total. The molecule has 2 heterocycles. The number of aliphatic hydroxyl groups excluding tert-OH is 7. The van der Waals surface area contributed by atoms with Gasteiger partial charge >= 0.3 is 11.9 Å². The second kappa shape index (κ2) is 36.8. The van der Waals surface area contributed by atoms with Crippen LogP contribution in [0.2, 0.25) is 0 Å². The van der Waals surface area contributed by atoms with Gasteiger partial charge in [-0.25, -0.2) is 0 Å². The van der Waals surface area contributed by atoms with E-state index < -0.39 is 99.3 Å². The summed E-state index contributed by atoms with van der Waals surface area (Å²) < 4.78 is 33.5. The van der Waals surface area contributed by atoms with Crippen molar-refractivity contribution in [3.05, 3.63) is 36.5 Å². The molecule has 0 bridgehead atoms. The maximum Gasteiger partial charge on any atom is 0.306 e. The predicted molar refractivity (Wildman–Crippen MR) is 243 cm³/mol. The monoisotopic (exact) mass is 915 g/mol. The SMILES string of the molecule is CCCCCC/C=C/C=C/CCCCCCCC(=O)O[C@H](COC(=O)CCCCCCC/C=C/CCCCCC)CO[C@@H]1O[C@H](CO[C@@H]2O[C@H](CO)[C@H](O)C(O)C2O)[C@H](O)C(O)C1O. The zero-order chi connectivity index (χ0) is 46.8. The summed E-state index contributed by atoms with van der Waals surface area (Å²) in [4.78, 5) is 25.7. The molecule has 0 spiro atoms. The second-order valence-corrected chi connectivity index (χ2v) is 17.3. The summed E-state index contributed by atoms with van der Waals surface area (Å²) in [7, 11) is 0. The topological polar surface area (TPSA) is 231 Å². The van der Waals surface area contributed by atoms with Gasteiger partial charge in [-0.3, -0.25) is 9.59 Å². The van der Waals surface area contributed by atoms with Crippen molar-refractivity contribution in [3.8, 4) is 0 Å².